The zero-order valence-electron chi connectivity index (χ0n) is 15.7. The lowest BCUT2D eigenvalue weighted by atomic mass is 10.0. The van der Waals surface area contributed by atoms with E-state index < -0.39 is 10.0 Å². The van der Waals surface area contributed by atoms with Crippen LogP contribution in [0.15, 0.2) is 23.1 Å². The highest BCUT2D eigenvalue weighted by Crippen LogP contribution is 2.23. The molecule has 2 aliphatic rings. The molecule has 0 aliphatic carbocycles. The molecule has 0 radical (unpaired) electrons. The third-order valence-electron chi connectivity index (χ3n) is 5.67. The van der Waals surface area contributed by atoms with E-state index in [1.807, 2.05) is 26.0 Å². The van der Waals surface area contributed by atoms with Crippen molar-refractivity contribution in [3.05, 3.63) is 29.3 Å². The van der Waals surface area contributed by atoms with Gasteiger partial charge in [0.1, 0.15) is 0 Å². The number of likely N-dealkylation sites (N-methyl/N-ethyl adjacent to an activating group) is 1. The zero-order chi connectivity index (χ0) is 18.0. The Morgan fingerprint density at radius 3 is 2.40 bits per heavy atom. The summed E-state index contributed by atoms with van der Waals surface area (Å²) in [5, 5.41) is 0. The molecule has 0 N–H and O–H groups in total. The molecule has 1 aromatic rings. The molecule has 6 heteroatoms. The Balaban J connectivity index is 1.61. The number of likely N-dealkylation sites (tertiary alicyclic amines) is 1. The predicted octanol–water partition coefficient (Wildman–Crippen LogP) is 2.09. The van der Waals surface area contributed by atoms with Crippen LogP contribution >= 0.6 is 0 Å². The van der Waals surface area contributed by atoms with Gasteiger partial charge in [0, 0.05) is 38.8 Å². The van der Waals surface area contributed by atoms with Crippen molar-refractivity contribution in [3.63, 3.8) is 0 Å². The summed E-state index contributed by atoms with van der Waals surface area (Å²) in [6.45, 7) is 8.96. The van der Waals surface area contributed by atoms with Gasteiger partial charge < -0.3 is 4.90 Å². The Hall–Kier alpha value is -0.950. The predicted molar refractivity (Wildman–Crippen MR) is 101 cm³/mol. The Morgan fingerprint density at radius 2 is 1.76 bits per heavy atom. The zero-order valence-corrected chi connectivity index (χ0v) is 16.6. The number of rotatable bonds is 4. The molecule has 140 valence electrons. The van der Waals surface area contributed by atoms with E-state index in [-0.39, 0.29) is 0 Å². The van der Waals surface area contributed by atoms with Crippen LogP contribution in [0.3, 0.4) is 0 Å². The highest BCUT2D eigenvalue weighted by molar-refractivity contribution is 7.89. The van der Waals surface area contributed by atoms with Gasteiger partial charge in [0.25, 0.3) is 0 Å². The second kappa shape index (κ2) is 7.74. The summed E-state index contributed by atoms with van der Waals surface area (Å²) in [7, 11) is -1.17. The second-order valence-corrected chi connectivity index (χ2v) is 9.51. The van der Waals surface area contributed by atoms with E-state index in [4.69, 9.17) is 0 Å². The van der Waals surface area contributed by atoms with Gasteiger partial charge in [0.2, 0.25) is 10.0 Å². The summed E-state index contributed by atoms with van der Waals surface area (Å²) in [6, 6.07) is 6.21. The molecule has 2 saturated heterocycles. The summed E-state index contributed by atoms with van der Waals surface area (Å²) in [6.07, 6.45) is 3.88. The molecular weight excluding hydrogens is 334 g/mol. The minimum Gasteiger partial charge on any atom is -0.302 e. The van der Waals surface area contributed by atoms with E-state index >= 15 is 0 Å². The molecule has 0 amide bonds. The van der Waals surface area contributed by atoms with Crippen LogP contribution in [0.4, 0.5) is 0 Å². The molecule has 2 heterocycles. The van der Waals surface area contributed by atoms with Crippen molar-refractivity contribution in [3.8, 4) is 0 Å². The molecule has 25 heavy (non-hydrogen) atoms. The first-order valence-corrected chi connectivity index (χ1v) is 10.8. The summed E-state index contributed by atoms with van der Waals surface area (Å²) < 4.78 is 27.6. The number of piperidine rings is 1. The van der Waals surface area contributed by atoms with Gasteiger partial charge in [-0.3, -0.25) is 4.90 Å². The van der Waals surface area contributed by atoms with Crippen molar-refractivity contribution >= 4 is 10.0 Å². The van der Waals surface area contributed by atoms with Crippen molar-refractivity contribution in [1.82, 2.24) is 14.1 Å². The van der Waals surface area contributed by atoms with Crippen LogP contribution in [0.25, 0.3) is 0 Å². The third-order valence-corrected chi connectivity index (χ3v) is 7.73. The van der Waals surface area contributed by atoms with Gasteiger partial charge in [-0.1, -0.05) is 24.1 Å². The fourth-order valence-corrected chi connectivity index (χ4v) is 5.68. The summed E-state index contributed by atoms with van der Waals surface area (Å²) in [4.78, 5) is 5.35. The molecular formula is C19H31N3O2S. The SMILES string of the molecule is Cc1ccc(S(=O)(=O)N2CCN(CC3CCCCN3C)CC2)c(C)c1. The average molecular weight is 366 g/mol. The molecule has 3 rings (SSSR count). The summed E-state index contributed by atoms with van der Waals surface area (Å²) in [5.41, 5.74) is 1.93. The third kappa shape index (κ3) is 4.25. The van der Waals surface area contributed by atoms with Crippen molar-refractivity contribution in [2.24, 2.45) is 0 Å². The maximum atomic E-state index is 13.0. The maximum absolute atomic E-state index is 13.0. The number of hydrogen-bond acceptors (Lipinski definition) is 4. The van der Waals surface area contributed by atoms with Gasteiger partial charge in [-0.15, -0.1) is 0 Å². The minimum absolute atomic E-state index is 0.457. The molecule has 1 aromatic carbocycles. The van der Waals surface area contributed by atoms with Crippen molar-refractivity contribution in [2.45, 2.75) is 44.0 Å². The lowest BCUT2D eigenvalue weighted by Gasteiger charge is -2.39. The van der Waals surface area contributed by atoms with Crippen LogP contribution in [0.1, 0.15) is 30.4 Å². The van der Waals surface area contributed by atoms with Crippen LogP contribution in [-0.4, -0.2) is 74.9 Å². The number of hydrogen-bond donors (Lipinski definition) is 0. The highest BCUT2D eigenvalue weighted by Gasteiger charge is 2.31. The van der Waals surface area contributed by atoms with E-state index in [1.165, 1.54) is 25.8 Å². The largest absolute Gasteiger partial charge is 0.302 e. The van der Waals surface area contributed by atoms with Crippen LogP contribution in [0.5, 0.6) is 0 Å². The Kier molecular flexibility index (Phi) is 5.83. The van der Waals surface area contributed by atoms with Gasteiger partial charge in [-0.2, -0.15) is 4.31 Å². The average Bonchev–Trinajstić information content (AvgIpc) is 2.57. The Bertz CT molecular complexity index is 697. The molecule has 0 aromatic heterocycles. The summed E-state index contributed by atoms with van der Waals surface area (Å²) in [5.74, 6) is 0. The maximum Gasteiger partial charge on any atom is 0.243 e. The van der Waals surface area contributed by atoms with Gasteiger partial charge >= 0.3 is 0 Å². The smallest absolute Gasteiger partial charge is 0.243 e. The number of nitrogens with zero attached hydrogens (tertiary/aromatic N) is 3. The van der Waals surface area contributed by atoms with E-state index in [2.05, 4.69) is 16.8 Å². The molecule has 2 fully saturated rings. The number of sulfonamides is 1. The van der Waals surface area contributed by atoms with E-state index in [0.29, 0.717) is 24.0 Å². The van der Waals surface area contributed by atoms with Crippen molar-refractivity contribution < 1.29 is 8.42 Å². The standard InChI is InChI=1S/C19H31N3O2S/c1-16-7-8-19(17(2)14-16)25(23,24)22-12-10-21(11-13-22)15-18-6-4-5-9-20(18)3/h7-8,14,18H,4-6,9-13,15H2,1-3H3. The highest BCUT2D eigenvalue weighted by atomic mass is 32.2. The van der Waals surface area contributed by atoms with E-state index in [1.54, 1.807) is 10.4 Å². The molecule has 0 bridgehead atoms. The first kappa shape index (κ1) is 18.8. The quantitative estimate of drug-likeness (QED) is 0.820. The molecule has 0 spiro atoms. The van der Waals surface area contributed by atoms with Crippen molar-refractivity contribution in [2.75, 3.05) is 46.3 Å². The van der Waals surface area contributed by atoms with Gasteiger partial charge in [-0.05, 0) is 51.9 Å². The lowest BCUT2D eigenvalue weighted by molar-refractivity contribution is 0.106. The molecule has 2 aliphatic heterocycles. The molecule has 1 atom stereocenters. The summed E-state index contributed by atoms with van der Waals surface area (Å²) >= 11 is 0. The topological polar surface area (TPSA) is 43.9 Å². The van der Waals surface area contributed by atoms with Gasteiger partial charge in [-0.25, -0.2) is 8.42 Å². The van der Waals surface area contributed by atoms with Crippen LogP contribution in [0.2, 0.25) is 0 Å². The van der Waals surface area contributed by atoms with Gasteiger partial charge in [0.05, 0.1) is 4.90 Å². The molecule has 1 unspecified atom stereocenters. The normalized spacial score (nSPS) is 24.5. The van der Waals surface area contributed by atoms with E-state index in [0.717, 1.165) is 30.8 Å². The lowest BCUT2D eigenvalue weighted by Crippen LogP contribution is -2.52. The van der Waals surface area contributed by atoms with Crippen molar-refractivity contribution in [1.29, 1.82) is 0 Å². The fraction of sp³-hybridized carbons (Fsp3) is 0.684. The number of benzene rings is 1. The van der Waals surface area contributed by atoms with Crippen LogP contribution < -0.4 is 0 Å². The van der Waals surface area contributed by atoms with Crippen LogP contribution in [-0.2, 0) is 10.0 Å². The minimum atomic E-state index is -3.38. The van der Waals surface area contributed by atoms with E-state index in [9.17, 15) is 8.42 Å². The Labute approximate surface area is 152 Å². The Morgan fingerprint density at radius 1 is 1.04 bits per heavy atom. The van der Waals surface area contributed by atoms with Gasteiger partial charge in [0.15, 0.2) is 0 Å². The first-order valence-electron chi connectivity index (χ1n) is 9.38. The van der Waals surface area contributed by atoms with Crippen LogP contribution in [0, 0.1) is 13.8 Å². The fourth-order valence-electron chi connectivity index (χ4n) is 4.05. The monoisotopic (exact) mass is 365 g/mol. The number of piperazine rings is 1. The first-order chi connectivity index (χ1) is 11.9. The molecule has 0 saturated carbocycles. The molecule has 5 nitrogen and oxygen atoms in total. The second-order valence-electron chi connectivity index (χ2n) is 7.60. The number of aryl methyl sites for hydroxylation is 2.